The highest BCUT2D eigenvalue weighted by Gasteiger charge is 2.35. The number of hydrogen-bond acceptors (Lipinski definition) is 4. The number of nitriles is 1. The van der Waals surface area contributed by atoms with Gasteiger partial charge in [-0.3, -0.25) is 0 Å². The van der Waals surface area contributed by atoms with Crippen molar-refractivity contribution in [1.82, 2.24) is 9.62 Å². The first-order valence-electron chi connectivity index (χ1n) is 6.43. The predicted molar refractivity (Wildman–Crippen MR) is 72.0 cm³/mol. The van der Waals surface area contributed by atoms with Gasteiger partial charge in [-0.1, -0.05) is 13.0 Å². The van der Waals surface area contributed by atoms with Crippen molar-refractivity contribution in [2.75, 3.05) is 19.6 Å². The van der Waals surface area contributed by atoms with E-state index in [1.807, 2.05) is 6.92 Å². The van der Waals surface area contributed by atoms with Gasteiger partial charge in [-0.25, -0.2) is 12.8 Å². The van der Waals surface area contributed by atoms with Crippen molar-refractivity contribution in [2.45, 2.75) is 24.3 Å². The minimum absolute atomic E-state index is 0.130. The molecule has 5 nitrogen and oxygen atoms in total. The van der Waals surface area contributed by atoms with E-state index in [1.54, 1.807) is 6.07 Å². The van der Waals surface area contributed by atoms with Crippen LogP contribution in [0, 0.1) is 17.1 Å². The van der Waals surface area contributed by atoms with E-state index < -0.39 is 21.4 Å². The van der Waals surface area contributed by atoms with Gasteiger partial charge in [0.15, 0.2) is 0 Å². The van der Waals surface area contributed by atoms with E-state index in [4.69, 9.17) is 5.26 Å². The van der Waals surface area contributed by atoms with Crippen LogP contribution in [-0.2, 0) is 10.0 Å². The lowest BCUT2D eigenvalue weighted by Gasteiger charge is -2.37. The second kappa shape index (κ2) is 5.87. The Labute approximate surface area is 118 Å². The highest BCUT2D eigenvalue weighted by atomic mass is 32.2. The second-order valence-corrected chi connectivity index (χ2v) is 6.51. The van der Waals surface area contributed by atoms with E-state index in [0.717, 1.165) is 6.07 Å². The summed E-state index contributed by atoms with van der Waals surface area (Å²) in [7, 11) is -3.86. The fourth-order valence-electron chi connectivity index (χ4n) is 2.15. The van der Waals surface area contributed by atoms with Crippen LogP contribution in [0.1, 0.15) is 18.9 Å². The quantitative estimate of drug-likeness (QED) is 0.882. The Morgan fingerprint density at radius 1 is 1.50 bits per heavy atom. The normalized spacial score (nSPS) is 15.9. The minimum atomic E-state index is -3.86. The zero-order chi connectivity index (χ0) is 14.8. The number of sulfonamides is 1. The van der Waals surface area contributed by atoms with Crippen LogP contribution < -0.4 is 5.32 Å². The Bertz CT molecular complexity index is 636. The maximum absolute atomic E-state index is 13.6. The molecular formula is C13H16FN3O2S. The Hall–Kier alpha value is -1.49. The van der Waals surface area contributed by atoms with Crippen LogP contribution in [0.3, 0.4) is 0 Å². The molecule has 1 heterocycles. The third-order valence-corrected chi connectivity index (χ3v) is 5.28. The average molecular weight is 297 g/mol. The van der Waals surface area contributed by atoms with Crippen molar-refractivity contribution < 1.29 is 12.8 Å². The average Bonchev–Trinajstić information content (AvgIpc) is 2.35. The molecule has 1 aromatic rings. The van der Waals surface area contributed by atoms with Crippen molar-refractivity contribution in [1.29, 1.82) is 5.26 Å². The number of nitrogens with zero attached hydrogens (tertiary/aromatic N) is 2. The predicted octanol–water partition coefficient (Wildman–Crippen LogP) is 1.07. The lowest BCUT2D eigenvalue weighted by molar-refractivity contribution is 0.241. The van der Waals surface area contributed by atoms with Gasteiger partial charge in [0.1, 0.15) is 22.3 Å². The molecule has 1 saturated heterocycles. The standard InChI is InChI=1S/C13H16FN3O2S/c1-2-6-17(10-8-16-9-10)20(18,19)13-5-3-4-12(14)11(13)7-15/h3-5,10,16H,2,6,8-9H2,1H3. The van der Waals surface area contributed by atoms with Crippen LogP contribution in [0.2, 0.25) is 0 Å². The van der Waals surface area contributed by atoms with E-state index in [9.17, 15) is 12.8 Å². The molecule has 0 saturated carbocycles. The fraction of sp³-hybridized carbons (Fsp3) is 0.462. The minimum Gasteiger partial charge on any atom is -0.313 e. The van der Waals surface area contributed by atoms with Crippen LogP contribution in [-0.4, -0.2) is 38.4 Å². The van der Waals surface area contributed by atoms with Gasteiger partial charge >= 0.3 is 0 Å². The molecule has 7 heteroatoms. The van der Waals surface area contributed by atoms with E-state index in [2.05, 4.69) is 5.32 Å². The molecule has 108 valence electrons. The molecule has 0 spiro atoms. The second-order valence-electron chi connectivity index (χ2n) is 4.65. The molecule has 20 heavy (non-hydrogen) atoms. The van der Waals surface area contributed by atoms with Gasteiger partial charge in [-0.2, -0.15) is 9.57 Å². The molecule has 0 aliphatic carbocycles. The van der Waals surface area contributed by atoms with Crippen LogP contribution in [0.15, 0.2) is 23.1 Å². The molecular weight excluding hydrogens is 281 g/mol. The smallest absolute Gasteiger partial charge is 0.244 e. The van der Waals surface area contributed by atoms with Crippen LogP contribution >= 0.6 is 0 Å². The molecule has 1 fully saturated rings. The first-order chi connectivity index (χ1) is 9.52. The van der Waals surface area contributed by atoms with Crippen molar-refractivity contribution in [3.8, 4) is 6.07 Å². The highest BCUT2D eigenvalue weighted by Crippen LogP contribution is 2.24. The number of hydrogen-bond donors (Lipinski definition) is 1. The van der Waals surface area contributed by atoms with Gasteiger partial charge in [0.25, 0.3) is 0 Å². The Morgan fingerprint density at radius 2 is 2.20 bits per heavy atom. The third-order valence-electron chi connectivity index (χ3n) is 3.29. The molecule has 0 radical (unpaired) electrons. The third kappa shape index (κ3) is 2.54. The number of rotatable bonds is 5. The SMILES string of the molecule is CCCN(C1CNC1)S(=O)(=O)c1cccc(F)c1C#N. The molecule has 1 N–H and O–H groups in total. The summed E-state index contributed by atoms with van der Waals surface area (Å²) in [6, 6.07) is 5.20. The van der Waals surface area contributed by atoms with Gasteiger partial charge in [0.2, 0.25) is 10.0 Å². The summed E-state index contributed by atoms with van der Waals surface area (Å²) >= 11 is 0. The molecule has 1 aliphatic heterocycles. The lowest BCUT2D eigenvalue weighted by atomic mass is 10.2. The Kier molecular flexibility index (Phi) is 4.38. The molecule has 0 atom stereocenters. The van der Waals surface area contributed by atoms with Crippen molar-refractivity contribution in [3.05, 3.63) is 29.6 Å². The van der Waals surface area contributed by atoms with E-state index in [-0.39, 0.29) is 10.9 Å². The number of nitrogens with one attached hydrogen (secondary N) is 1. The zero-order valence-corrected chi connectivity index (χ0v) is 12.0. The van der Waals surface area contributed by atoms with Crippen molar-refractivity contribution >= 4 is 10.0 Å². The van der Waals surface area contributed by atoms with Gasteiger partial charge in [-0.05, 0) is 18.6 Å². The van der Waals surface area contributed by atoms with E-state index in [1.165, 1.54) is 16.4 Å². The molecule has 0 amide bonds. The van der Waals surface area contributed by atoms with Crippen LogP contribution in [0.4, 0.5) is 4.39 Å². The molecule has 1 aliphatic rings. The Balaban J connectivity index is 2.48. The summed E-state index contributed by atoms with van der Waals surface area (Å²) in [5, 5.41) is 12.0. The lowest BCUT2D eigenvalue weighted by Crippen LogP contribution is -2.58. The van der Waals surface area contributed by atoms with E-state index in [0.29, 0.717) is 26.1 Å². The number of benzene rings is 1. The summed E-state index contributed by atoms with van der Waals surface area (Å²) in [5.41, 5.74) is -0.416. The summed E-state index contributed by atoms with van der Waals surface area (Å²) in [6.45, 7) is 3.40. The van der Waals surface area contributed by atoms with Gasteiger partial charge in [0.05, 0.1) is 6.04 Å². The highest BCUT2D eigenvalue weighted by molar-refractivity contribution is 7.89. The summed E-state index contributed by atoms with van der Waals surface area (Å²) in [6.07, 6.45) is 0.660. The van der Waals surface area contributed by atoms with Crippen molar-refractivity contribution in [3.63, 3.8) is 0 Å². The topological polar surface area (TPSA) is 73.2 Å². The van der Waals surface area contributed by atoms with E-state index >= 15 is 0 Å². The zero-order valence-electron chi connectivity index (χ0n) is 11.1. The largest absolute Gasteiger partial charge is 0.313 e. The molecule has 0 aromatic heterocycles. The van der Waals surface area contributed by atoms with Crippen LogP contribution in [0.25, 0.3) is 0 Å². The number of halogens is 1. The monoisotopic (exact) mass is 297 g/mol. The van der Waals surface area contributed by atoms with Gasteiger partial charge in [-0.15, -0.1) is 0 Å². The molecule has 1 aromatic carbocycles. The maximum Gasteiger partial charge on any atom is 0.244 e. The molecule has 2 rings (SSSR count). The Morgan fingerprint density at radius 3 is 2.70 bits per heavy atom. The van der Waals surface area contributed by atoms with Crippen LogP contribution in [0.5, 0.6) is 0 Å². The van der Waals surface area contributed by atoms with Gasteiger partial charge in [0, 0.05) is 19.6 Å². The first kappa shape index (κ1) is 14.9. The van der Waals surface area contributed by atoms with Crippen molar-refractivity contribution in [2.24, 2.45) is 0 Å². The molecule has 0 bridgehead atoms. The fourth-order valence-corrected chi connectivity index (χ4v) is 4.02. The van der Waals surface area contributed by atoms with Gasteiger partial charge < -0.3 is 5.32 Å². The maximum atomic E-state index is 13.6. The first-order valence-corrected chi connectivity index (χ1v) is 7.87. The summed E-state index contributed by atoms with van der Waals surface area (Å²) < 4.78 is 40.3. The summed E-state index contributed by atoms with van der Waals surface area (Å²) in [5.74, 6) is -0.809. The summed E-state index contributed by atoms with van der Waals surface area (Å²) in [4.78, 5) is -0.250. The molecule has 0 unspecified atom stereocenters.